The molecule has 2 aliphatic heterocycles. The van der Waals surface area contributed by atoms with E-state index < -0.39 is 23.6 Å². The Bertz CT molecular complexity index is 1040. The molecule has 1 unspecified atom stereocenters. The molecule has 3 rings (SSSR count). The van der Waals surface area contributed by atoms with Crippen LogP contribution in [0.2, 0.25) is 0 Å². The van der Waals surface area contributed by atoms with Crippen LogP contribution in [0, 0.1) is 11.7 Å². The number of nitrogens with one attached hydrogen (secondary N) is 1. The van der Waals surface area contributed by atoms with Gasteiger partial charge < -0.3 is 19.7 Å². The number of esters is 1. The Kier molecular flexibility index (Phi) is 10.2. The molecule has 1 aromatic rings. The molecule has 3 heterocycles. The van der Waals surface area contributed by atoms with Gasteiger partial charge in [-0.25, -0.2) is 9.97 Å². The largest absolute Gasteiger partial charge is 0.468 e. The lowest BCUT2D eigenvalue weighted by Crippen LogP contribution is -2.47. The number of allylic oxidation sites excluding steroid dienone is 2. The number of methoxy groups -OCH3 is 1. The summed E-state index contributed by atoms with van der Waals surface area (Å²) in [6, 6.07) is -1.01. The summed E-state index contributed by atoms with van der Waals surface area (Å²) in [5.74, 6) is -0.649. The number of morpholine rings is 1. The number of aromatic nitrogens is 2. The highest BCUT2D eigenvalue weighted by Gasteiger charge is 2.33. The molecule has 0 saturated carbocycles. The van der Waals surface area contributed by atoms with Gasteiger partial charge in [-0.05, 0) is 45.7 Å². The van der Waals surface area contributed by atoms with Crippen molar-refractivity contribution in [1.29, 1.82) is 0 Å². The zero-order chi connectivity index (χ0) is 27.9. The Hall–Kier alpha value is -3.06. The molecule has 0 amide bonds. The number of anilines is 2. The molecule has 0 aromatic carbocycles. The average Bonchev–Trinajstić information content (AvgIpc) is 2.91. The van der Waals surface area contributed by atoms with Crippen LogP contribution in [0.15, 0.2) is 35.2 Å². The first-order valence-corrected chi connectivity index (χ1v) is 12.4. The highest BCUT2D eigenvalue weighted by atomic mass is 19.4. The third kappa shape index (κ3) is 7.28. The molecule has 0 radical (unpaired) electrons. The first-order valence-electron chi connectivity index (χ1n) is 12.4. The molecular weight excluding hydrogens is 508 g/mol. The van der Waals surface area contributed by atoms with Crippen molar-refractivity contribution in [2.24, 2.45) is 10.9 Å². The second kappa shape index (κ2) is 13.1. The molecule has 38 heavy (non-hydrogen) atoms. The van der Waals surface area contributed by atoms with Gasteiger partial charge in [0.1, 0.15) is 12.4 Å². The number of nitrogens with zero attached hydrogens (tertiary/aromatic N) is 5. The van der Waals surface area contributed by atoms with Gasteiger partial charge in [-0.3, -0.25) is 14.7 Å². The highest BCUT2D eigenvalue weighted by molar-refractivity contribution is 5.81. The Morgan fingerprint density at radius 2 is 2.05 bits per heavy atom. The molecular formula is C25H34F4N6O3. The quantitative estimate of drug-likeness (QED) is 0.288. The number of aliphatic imine (C=N–C) groups is 1. The smallest absolute Gasteiger partial charge is 0.417 e. The first kappa shape index (κ1) is 29.5. The minimum atomic E-state index is -4.54. The fourth-order valence-electron chi connectivity index (χ4n) is 4.47. The molecule has 9 nitrogen and oxygen atoms in total. The summed E-state index contributed by atoms with van der Waals surface area (Å²) in [6.45, 7) is 9.42. The second-order valence-electron chi connectivity index (χ2n) is 9.19. The Morgan fingerprint density at radius 3 is 2.68 bits per heavy atom. The summed E-state index contributed by atoms with van der Waals surface area (Å²) in [7, 11) is 1.37. The van der Waals surface area contributed by atoms with Gasteiger partial charge in [0.2, 0.25) is 5.82 Å². The van der Waals surface area contributed by atoms with Gasteiger partial charge in [0, 0.05) is 19.3 Å². The van der Waals surface area contributed by atoms with Crippen LogP contribution in [0.4, 0.5) is 29.2 Å². The van der Waals surface area contributed by atoms with Crippen LogP contribution in [0.5, 0.6) is 0 Å². The van der Waals surface area contributed by atoms with E-state index in [-0.39, 0.29) is 55.0 Å². The SMILES string of the molecule is C=C(N=C/C(=C\C)C(F)(F)F)[C@H]1COCCN1c1ncnc(NCC2CCN(C(C)C(=O)OC)CC2)c1F. The first-order chi connectivity index (χ1) is 18.1. The maximum Gasteiger partial charge on any atom is 0.417 e. The minimum Gasteiger partial charge on any atom is -0.468 e. The van der Waals surface area contributed by atoms with E-state index >= 15 is 4.39 Å². The van der Waals surface area contributed by atoms with E-state index in [4.69, 9.17) is 9.47 Å². The van der Waals surface area contributed by atoms with E-state index in [1.807, 2.05) is 6.92 Å². The molecule has 13 heteroatoms. The summed E-state index contributed by atoms with van der Waals surface area (Å²) in [5.41, 5.74) is -0.819. The van der Waals surface area contributed by atoms with Gasteiger partial charge in [-0.15, -0.1) is 0 Å². The van der Waals surface area contributed by atoms with Gasteiger partial charge >= 0.3 is 12.1 Å². The minimum absolute atomic E-state index is 0.00375. The highest BCUT2D eigenvalue weighted by Crippen LogP contribution is 2.29. The number of hydrogen-bond acceptors (Lipinski definition) is 9. The predicted molar refractivity (Wildman–Crippen MR) is 136 cm³/mol. The number of likely N-dealkylation sites (tertiary alicyclic amines) is 1. The lowest BCUT2D eigenvalue weighted by Gasteiger charge is -2.36. The molecule has 210 valence electrons. The van der Waals surface area contributed by atoms with Crippen LogP contribution < -0.4 is 10.2 Å². The fourth-order valence-corrected chi connectivity index (χ4v) is 4.47. The van der Waals surface area contributed by atoms with Crippen molar-refractivity contribution in [3.8, 4) is 0 Å². The normalized spacial score (nSPS) is 21.0. The summed E-state index contributed by atoms with van der Waals surface area (Å²) in [4.78, 5) is 27.5. The van der Waals surface area contributed by atoms with Gasteiger partial charge in [-0.1, -0.05) is 12.7 Å². The molecule has 2 saturated heterocycles. The van der Waals surface area contributed by atoms with Crippen molar-refractivity contribution in [2.75, 3.05) is 56.7 Å². The number of ether oxygens (including phenoxy) is 2. The van der Waals surface area contributed by atoms with Crippen LogP contribution in [0.1, 0.15) is 26.7 Å². The maximum atomic E-state index is 15.5. The molecule has 1 N–H and O–H groups in total. The number of rotatable bonds is 9. The van der Waals surface area contributed by atoms with E-state index in [1.54, 1.807) is 4.90 Å². The van der Waals surface area contributed by atoms with Gasteiger partial charge in [0.05, 0.1) is 37.6 Å². The number of carbonyl (C=O) groups is 1. The van der Waals surface area contributed by atoms with Crippen molar-refractivity contribution >= 4 is 23.8 Å². The lowest BCUT2D eigenvalue weighted by molar-refractivity contribution is -0.146. The number of carbonyl (C=O) groups excluding carboxylic acids is 1. The molecule has 2 aliphatic rings. The molecule has 0 bridgehead atoms. The Morgan fingerprint density at radius 1 is 1.34 bits per heavy atom. The molecule has 2 atom stereocenters. The summed E-state index contributed by atoms with van der Waals surface area (Å²) >= 11 is 0. The van der Waals surface area contributed by atoms with Crippen molar-refractivity contribution in [2.45, 2.75) is 44.9 Å². The topological polar surface area (TPSA) is 92.2 Å². The van der Waals surface area contributed by atoms with Crippen LogP contribution in [0.25, 0.3) is 0 Å². The Balaban J connectivity index is 1.66. The standard InChI is InChI=1S/C25H34F4N6O3/c1-5-19(25(27,28)29)13-30-16(2)20-14-38-11-10-35(20)23-21(26)22(32-15-33-23)31-12-18-6-8-34(9-7-18)17(3)24(36)37-4/h5,13,15,17-18,20H,2,6-12,14H2,1,3-4H3,(H,31,32,33)/b19-5+,30-13?/t17?,20-/m1/s1. The van der Waals surface area contributed by atoms with E-state index in [9.17, 15) is 18.0 Å². The number of hydrogen-bond donors (Lipinski definition) is 1. The zero-order valence-electron chi connectivity index (χ0n) is 21.8. The van der Waals surface area contributed by atoms with E-state index in [2.05, 4.69) is 31.8 Å². The van der Waals surface area contributed by atoms with Crippen LogP contribution in [-0.4, -0.2) is 91.8 Å². The second-order valence-corrected chi connectivity index (χ2v) is 9.19. The molecule has 0 spiro atoms. The van der Waals surface area contributed by atoms with E-state index in [0.717, 1.165) is 32.0 Å². The molecule has 2 fully saturated rings. The van der Waals surface area contributed by atoms with Gasteiger partial charge in [0.15, 0.2) is 11.6 Å². The van der Waals surface area contributed by atoms with Crippen LogP contribution in [0.3, 0.4) is 0 Å². The van der Waals surface area contributed by atoms with Crippen molar-refractivity contribution in [1.82, 2.24) is 14.9 Å². The summed E-state index contributed by atoms with van der Waals surface area (Å²) in [6.07, 6.45) is -0.0434. The van der Waals surface area contributed by atoms with Gasteiger partial charge in [0.25, 0.3) is 0 Å². The number of halogens is 4. The summed E-state index contributed by atoms with van der Waals surface area (Å²) in [5, 5.41) is 3.07. The average molecular weight is 543 g/mol. The third-order valence-electron chi connectivity index (χ3n) is 6.86. The van der Waals surface area contributed by atoms with Crippen LogP contribution >= 0.6 is 0 Å². The van der Waals surface area contributed by atoms with Crippen molar-refractivity contribution in [3.05, 3.63) is 36.1 Å². The van der Waals surface area contributed by atoms with Crippen molar-refractivity contribution < 1.29 is 31.8 Å². The Labute approximate surface area is 219 Å². The third-order valence-corrected chi connectivity index (χ3v) is 6.86. The van der Waals surface area contributed by atoms with E-state index in [1.165, 1.54) is 20.4 Å². The predicted octanol–water partition coefficient (Wildman–Crippen LogP) is 3.60. The lowest BCUT2D eigenvalue weighted by atomic mass is 9.96. The molecule has 1 aromatic heterocycles. The monoisotopic (exact) mass is 542 g/mol. The number of alkyl halides is 3. The maximum absolute atomic E-state index is 15.5. The fraction of sp³-hybridized carbons (Fsp3) is 0.600. The van der Waals surface area contributed by atoms with E-state index in [0.29, 0.717) is 12.8 Å². The zero-order valence-corrected chi connectivity index (χ0v) is 21.8. The van der Waals surface area contributed by atoms with Crippen molar-refractivity contribution in [3.63, 3.8) is 0 Å². The van der Waals surface area contributed by atoms with Gasteiger partial charge in [-0.2, -0.15) is 17.6 Å². The molecule has 0 aliphatic carbocycles. The number of piperidine rings is 1. The summed E-state index contributed by atoms with van der Waals surface area (Å²) < 4.78 is 64.9. The van der Waals surface area contributed by atoms with Crippen LogP contribution in [-0.2, 0) is 14.3 Å².